The molecule has 2 bridgehead atoms. The summed E-state index contributed by atoms with van der Waals surface area (Å²) in [6.45, 7) is 6.63. The van der Waals surface area contributed by atoms with Gasteiger partial charge >= 0.3 is 11.9 Å². The van der Waals surface area contributed by atoms with Gasteiger partial charge in [0.25, 0.3) is 0 Å². The molecule has 0 N–H and O–H groups in total. The van der Waals surface area contributed by atoms with Crippen molar-refractivity contribution in [2.24, 2.45) is 47.3 Å². The zero-order valence-electron chi connectivity index (χ0n) is 15.8. The Morgan fingerprint density at radius 2 is 1.88 bits per heavy atom. The van der Waals surface area contributed by atoms with Crippen molar-refractivity contribution >= 4 is 11.9 Å². The lowest BCUT2D eigenvalue weighted by atomic mass is 9.67. The van der Waals surface area contributed by atoms with Gasteiger partial charge in [-0.3, -0.25) is 9.59 Å². The van der Waals surface area contributed by atoms with Crippen molar-refractivity contribution < 1.29 is 19.1 Å². The molecule has 4 heteroatoms. The molecule has 0 spiro atoms. The van der Waals surface area contributed by atoms with Crippen LogP contribution in [0.4, 0.5) is 0 Å². The number of fused-ring (bicyclic) bond motifs is 5. The van der Waals surface area contributed by atoms with Crippen LogP contribution in [-0.4, -0.2) is 24.6 Å². The van der Waals surface area contributed by atoms with Crippen LogP contribution in [0.5, 0.6) is 0 Å². The highest BCUT2D eigenvalue weighted by Gasteiger charge is 2.62. The molecule has 0 aromatic heterocycles. The van der Waals surface area contributed by atoms with Crippen LogP contribution in [0.2, 0.25) is 0 Å². The first kappa shape index (κ1) is 17.4. The monoisotopic (exact) mass is 348 g/mol. The highest BCUT2D eigenvalue weighted by molar-refractivity contribution is 5.75. The first-order chi connectivity index (χ1) is 12.0. The maximum Gasteiger partial charge on any atom is 0.312 e. The molecule has 1 heterocycles. The van der Waals surface area contributed by atoms with Gasteiger partial charge in [0.2, 0.25) is 0 Å². The highest BCUT2D eigenvalue weighted by Crippen LogP contribution is 2.66. The SMILES string of the molecule is CCC1CC(CC)C2C3CC(CC3C(OC(C)=O)C3CCOC3=O)C12. The normalized spacial score (nSPS) is 46.1. The first-order valence-corrected chi connectivity index (χ1v) is 10.4. The minimum absolute atomic E-state index is 0.157. The van der Waals surface area contributed by atoms with Gasteiger partial charge in [0, 0.05) is 12.8 Å². The lowest BCUT2D eigenvalue weighted by Gasteiger charge is -2.40. The van der Waals surface area contributed by atoms with Crippen LogP contribution in [0, 0.1) is 47.3 Å². The second-order valence-corrected chi connectivity index (χ2v) is 8.92. The second kappa shape index (κ2) is 6.59. The largest absolute Gasteiger partial charge is 0.465 e. The van der Waals surface area contributed by atoms with Crippen molar-refractivity contribution in [3.8, 4) is 0 Å². The second-order valence-electron chi connectivity index (χ2n) is 8.92. The average molecular weight is 348 g/mol. The topological polar surface area (TPSA) is 52.6 Å². The van der Waals surface area contributed by atoms with Crippen LogP contribution >= 0.6 is 0 Å². The average Bonchev–Trinajstić information content (AvgIpc) is 3.33. The van der Waals surface area contributed by atoms with E-state index in [-0.39, 0.29) is 24.0 Å². The lowest BCUT2D eigenvalue weighted by Crippen LogP contribution is -2.42. The standard InChI is InChI=1S/C21H32O4/c1-4-12-8-13(5-2)19-16-9-14(18(12)19)10-17(16)20(25-11(3)22)15-6-7-24-21(15)23/h12-20H,4-10H2,1-3H3. The summed E-state index contributed by atoms with van der Waals surface area (Å²) in [5.41, 5.74) is 0. The minimum Gasteiger partial charge on any atom is -0.465 e. The zero-order chi connectivity index (χ0) is 17.7. The van der Waals surface area contributed by atoms with E-state index in [9.17, 15) is 9.59 Å². The number of hydrogen-bond acceptors (Lipinski definition) is 4. The van der Waals surface area contributed by atoms with Crippen molar-refractivity contribution in [2.75, 3.05) is 6.61 Å². The number of rotatable bonds is 5. The summed E-state index contributed by atoms with van der Waals surface area (Å²) in [6.07, 6.45) is 6.80. The van der Waals surface area contributed by atoms with Crippen molar-refractivity contribution in [1.29, 1.82) is 0 Å². The number of hydrogen-bond donors (Lipinski definition) is 0. The summed E-state index contributed by atoms with van der Waals surface area (Å²) >= 11 is 0. The van der Waals surface area contributed by atoms with Gasteiger partial charge in [-0.25, -0.2) is 0 Å². The Hall–Kier alpha value is -1.06. The Morgan fingerprint density at radius 3 is 2.48 bits per heavy atom. The predicted octanol–water partition coefficient (Wildman–Crippen LogP) is 3.83. The predicted molar refractivity (Wildman–Crippen MR) is 93.5 cm³/mol. The Morgan fingerprint density at radius 1 is 1.16 bits per heavy atom. The maximum absolute atomic E-state index is 12.2. The molecule has 0 aromatic carbocycles. The van der Waals surface area contributed by atoms with Gasteiger partial charge in [-0.2, -0.15) is 0 Å². The summed E-state index contributed by atoms with van der Waals surface area (Å²) in [7, 11) is 0. The fraction of sp³-hybridized carbons (Fsp3) is 0.905. The Labute approximate surface area is 151 Å². The Kier molecular flexibility index (Phi) is 4.57. The molecule has 4 rings (SSSR count). The molecule has 4 nitrogen and oxygen atoms in total. The first-order valence-electron chi connectivity index (χ1n) is 10.4. The smallest absolute Gasteiger partial charge is 0.312 e. The molecule has 3 saturated carbocycles. The van der Waals surface area contributed by atoms with E-state index in [2.05, 4.69) is 13.8 Å². The molecule has 1 saturated heterocycles. The summed E-state index contributed by atoms with van der Waals surface area (Å²) in [5, 5.41) is 0. The van der Waals surface area contributed by atoms with Crippen molar-refractivity contribution in [3.63, 3.8) is 0 Å². The molecule has 3 aliphatic carbocycles. The molecular weight excluding hydrogens is 316 g/mol. The molecule has 4 aliphatic rings. The van der Waals surface area contributed by atoms with E-state index in [1.165, 1.54) is 32.6 Å². The number of cyclic esters (lactones) is 1. The molecule has 4 fully saturated rings. The fourth-order valence-corrected chi connectivity index (χ4v) is 7.29. The molecule has 0 amide bonds. The van der Waals surface area contributed by atoms with E-state index in [1.807, 2.05) is 0 Å². The van der Waals surface area contributed by atoms with Crippen LogP contribution < -0.4 is 0 Å². The quantitative estimate of drug-likeness (QED) is 0.709. The van der Waals surface area contributed by atoms with Gasteiger partial charge in [-0.15, -0.1) is 0 Å². The van der Waals surface area contributed by atoms with Crippen molar-refractivity contribution in [2.45, 2.75) is 65.4 Å². The number of ether oxygens (including phenoxy) is 2. The van der Waals surface area contributed by atoms with Gasteiger partial charge < -0.3 is 9.47 Å². The third-order valence-electron chi connectivity index (χ3n) is 8.02. The number of carbonyl (C=O) groups is 2. The molecular formula is C21H32O4. The number of esters is 2. The van der Waals surface area contributed by atoms with Crippen LogP contribution in [0.1, 0.15) is 59.3 Å². The van der Waals surface area contributed by atoms with Crippen LogP contribution in [0.3, 0.4) is 0 Å². The Bertz CT molecular complexity index is 544. The third-order valence-corrected chi connectivity index (χ3v) is 8.02. The van der Waals surface area contributed by atoms with E-state index >= 15 is 0 Å². The Balaban J connectivity index is 1.59. The molecule has 140 valence electrons. The van der Waals surface area contributed by atoms with Crippen LogP contribution in [-0.2, 0) is 19.1 Å². The van der Waals surface area contributed by atoms with E-state index in [0.717, 1.165) is 36.0 Å². The zero-order valence-corrected chi connectivity index (χ0v) is 15.8. The molecule has 1 aliphatic heterocycles. The molecule has 9 atom stereocenters. The number of carbonyl (C=O) groups excluding carboxylic acids is 2. The van der Waals surface area contributed by atoms with Gasteiger partial charge in [0.1, 0.15) is 6.10 Å². The molecule has 9 unspecified atom stereocenters. The van der Waals surface area contributed by atoms with Crippen molar-refractivity contribution in [1.82, 2.24) is 0 Å². The third kappa shape index (κ3) is 2.71. The lowest BCUT2D eigenvalue weighted by molar-refractivity contribution is -0.160. The van der Waals surface area contributed by atoms with E-state index in [4.69, 9.17) is 9.47 Å². The van der Waals surface area contributed by atoms with Gasteiger partial charge in [0.05, 0.1) is 12.5 Å². The highest BCUT2D eigenvalue weighted by atomic mass is 16.6. The maximum atomic E-state index is 12.2. The van der Waals surface area contributed by atoms with Gasteiger partial charge in [-0.05, 0) is 61.2 Å². The van der Waals surface area contributed by atoms with Crippen LogP contribution in [0.15, 0.2) is 0 Å². The fourth-order valence-electron chi connectivity index (χ4n) is 7.29. The van der Waals surface area contributed by atoms with E-state index in [1.54, 1.807) is 0 Å². The van der Waals surface area contributed by atoms with Crippen LogP contribution in [0.25, 0.3) is 0 Å². The van der Waals surface area contributed by atoms with E-state index in [0.29, 0.717) is 24.9 Å². The summed E-state index contributed by atoms with van der Waals surface area (Å²) in [4.78, 5) is 23.9. The van der Waals surface area contributed by atoms with Gasteiger partial charge in [-0.1, -0.05) is 26.7 Å². The molecule has 25 heavy (non-hydrogen) atoms. The minimum atomic E-state index is -0.262. The molecule has 0 aromatic rings. The summed E-state index contributed by atoms with van der Waals surface area (Å²) < 4.78 is 11.0. The van der Waals surface area contributed by atoms with Crippen molar-refractivity contribution in [3.05, 3.63) is 0 Å². The molecule has 0 radical (unpaired) electrons. The van der Waals surface area contributed by atoms with Gasteiger partial charge in [0.15, 0.2) is 0 Å². The summed E-state index contributed by atoms with van der Waals surface area (Å²) in [5.74, 6) is 4.48. The summed E-state index contributed by atoms with van der Waals surface area (Å²) in [6, 6.07) is 0. The van der Waals surface area contributed by atoms with E-state index < -0.39 is 0 Å².